The van der Waals surface area contributed by atoms with E-state index in [-0.39, 0.29) is 17.9 Å². The van der Waals surface area contributed by atoms with E-state index in [1.54, 1.807) is 29.6 Å². The fraction of sp³-hybridized carbons (Fsp3) is 0.0455. The molecule has 0 fully saturated rings. The maximum Gasteiger partial charge on any atom is 0.268 e. The van der Waals surface area contributed by atoms with Crippen molar-refractivity contribution in [3.05, 3.63) is 93.1 Å². The van der Waals surface area contributed by atoms with Gasteiger partial charge in [-0.25, -0.2) is 0 Å². The highest BCUT2D eigenvalue weighted by Gasteiger charge is 2.23. The Hall–Kier alpha value is -3.89. The maximum atomic E-state index is 13.2. The van der Waals surface area contributed by atoms with Gasteiger partial charge in [-0.15, -0.1) is 11.3 Å². The van der Waals surface area contributed by atoms with Crippen molar-refractivity contribution in [2.45, 2.75) is 6.54 Å². The minimum atomic E-state index is -0.722. The van der Waals surface area contributed by atoms with Gasteiger partial charge in [-0.05, 0) is 35.2 Å². The van der Waals surface area contributed by atoms with Crippen LogP contribution in [0.2, 0.25) is 0 Å². The molecule has 0 bridgehead atoms. The number of fused-ring (bicyclic) bond motifs is 1. The van der Waals surface area contributed by atoms with E-state index in [0.29, 0.717) is 21.5 Å². The summed E-state index contributed by atoms with van der Waals surface area (Å²) in [6.07, 6.45) is 0. The number of hydrogen-bond donors (Lipinski definition) is 2. The summed E-state index contributed by atoms with van der Waals surface area (Å²) in [5.41, 5.74) is 1.32. The number of rotatable bonds is 4. The van der Waals surface area contributed by atoms with E-state index >= 15 is 0 Å². The van der Waals surface area contributed by atoms with Crippen LogP contribution in [0.15, 0.2) is 70.8 Å². The molecule has 4 aromatic rings. The van der Waals surface area contributed by atoms with Gasteiger partial charge in [0.2, 0.25) is 0 Å². The molecule has 0 aliphatic rings. The van der Waals surface area contributed by atoms with Gasteiger partial charge in [0, 0.05) is 5.69 Å². The molecule has 7 heteroatoms. The standard InChI is InChI=1S/C22H15N3O3S/c23-12-15-7-4-8-16(11-15)24-21(27)18-19(26)20-17(9-10-29-20)25(22(18)28)13-14-5-2-1-3-6-14/h1-11,26H,13H2,(H,24,27). The van der Waals surface area contributed by atoms with Gasteiger partial charge in [0.05, 0.1) is 28.4 Å². The summed E-state index contributed by atoms with van der Waals surface area (Å²) in [6, 6.07) is 19.5. The van der Waals surface area contributed by atoms with Crippen molar-refractivity contribution in [3.8, 4) is 11.8 Å². The van der Waals surface area contributed by atoms with E-state index < -0.39 is 11.5 Å². The lowest BCUT2D eigenvalue weighted by Crippen LogP contribution is -2.29. The van der Waals surface area contributed by atoms with Crippen LogP contribution in [0.5, 0.6) is 5.75 Å². The Labute approximate surface area is 169 Å². The number of nitrogens with zero attached hydrogens (tertiary/aromatic N) is 2. The number of benzene rings is 2. The average molecular weight is 401 g/mol. The molecule has 0 spiro atoms. The van der Waals surface area contributed by atoms with E-state index in [9.17, 15) is 14.7 Å². The monoisotopic (exact) mass is 401 g/mol. The van der Waals surface area contributed by atoms with Crippen LogP contribution < -0.4 is 10.9 Å². The van der Waals surface area contributed by atoms with Crippen molar-refractivity contribution in [1.82, 2.24) is 4.57 Å². The number of carbonyl (C=O) groups is 1. The van der Waals surface area contributed by atoms with Crippen LogP contribution in [-0.4, -0.2) is 15.6 Å². The number of carbonyl (C=O) groups excluding carboxylic acids is 1. The molecule has 4 rings (SSSR count). The summed E-state index contributed by atoms with van der Waals surface area (Å²) in [5, 5.41) is 24.0. The Kier molecular flexibility index (Phi) is 4.85. The zero-order chi connectivity index (χ0) is 20.4. The second-order valence-corrected chi connectivity index (χ2v) is 7.30. The van der Waals surface area contributed by atoms with Crippen LogP contribution in [0, 0.1) is 11.3 Å². The summed E-state index contributed by atoms with van der Waals surface area (Å²) in [7, 11) is 0. The van der Waals surface area contributed by atoms with E-state index in [1.165, 1.54) is 22.0 Å². The van der Waals surface area contributed by atoms with Crippen molar-refractivity contribution < 1.29 is 9.90 Å². The molecule has 0 unspecified atom stereocenters. The number of nitrogens with one attached hydrogen (secondary N) is 1. The number of hydrogen-bond acceptors (Lipinski definition) is 5. The molecule has 2 heterocycles. The first-order chi connectivity index (χ1) is 14.1. The van der Waals surface area contributed by atoms with Crippen LogP contribution in [0.25, 0.3) is 10.2 Å². The Bertz CT molecular complexity index is 1320. The number of pyridine rings is 1. The topological polar surface area (TPSA) is 95.1 Å². The number of anilines is 1. The van der Waals surface area contributed by atoms with Crippen LogP contribution in [0.3, 0.4) is 0 Å². The maximum absolute atomic E-state index is 13.2. The molecule has 142 valence electrons. The van der Waals surface area contributed by atoms with E-state index in [0.717, 1.165) is 5.56 Å². The zero-order valence-corrected chi connectivity index (χ0v) is 15.9. The summed E-state index contributed by atoms with van der Waals surface area (Å²) in [4.78, 5) is 26.0. The first kappa shape index (κ1) is 18.5. The number of thiophene rings is 1. The quantitative estimate of drug-likeness (QED) is 0.541. The molecule has 29 heavy (non-hydrogen) atoms. The zero-order valence-electron chi connectivity index (χ0n) is 15.1. The van der Waals surface area contributed by atoms with Crippen molar-refractivity contribution >= 4 is 33.1 Å². The lowest BCUT2D eigenvalue weighted by atomic mass is 10.1. The highest BCUT2D eigenvalue weighted by atomic mass is 32.1. The van der Waals surface area contributed by atoms with Crippen molar-refractivity contribution in [3.63, 3.8) is 0 Å². The van der Waals surface area contributed by atoms with Gasteiger partial charge in [0.1, 0.15) is 5.56 Å². The predicted octanol–water partition coefficient (Wildman–Crippen LogP) is 3.94. The molecule has 0 aliphatic carbocycles. The van der Waals surface area contributed by atoms with E-state index in [4.69, 9.17) is 5.26 Å². The van der Waals surface area contributed by atoms with Gasteiger partial charge in [-0.3, -0.25) is 9.59 Å². The lowest BCUT2D eigenvalue weighted by molar-refractivity contribution is 0.102. The molecular weight excluding hydrogens is 386 g/mol. The van der Waals surface area contributed by atoms with Crippen molar-refractivity contribution in [1.29, 1.82) is 5.26 Å². The molecule has 2 aromatic heterocycles. The van der Waals surface area contributed by atoms with Gasteiger partial charge >= 0.3 is 0 Å². The lowest BCUT2D eigenvalue weighted by Gasteiger charge is -2.13. The third-order valence-corrected chi connectivity index (χ3v) is 5.42. The second-order valence-electron chi connectivity index (χ2n) is 6.38. The molecule has 2 N–H and O–H groups in total. The Morgan fingerprint density at radius 3 is 2.69 bits per heavy atom. The van der Waals surface area contributed by atoms with Gasteiger partial charge in [0.25, 0.3) is 11.5 Å². The summed E-state index contributed by atoms with van der Waals surface area (Å²) < 4.78 is 1.96. The third kappa shape index (κ3) is 3.49. The Balaban J connectivity index is 1.81. The minimum absolute atomic E-state index is 0.275. The normalized spacial score (nSPS) is 10.6. The summed E-state index contributed by atoms with van der Waals surface area (Å²) in [5.74, 6) is -1.06. The van der Waals surface area contributed by atoms with Crippen LogP contribution in [0.4, 0.5) is 5.69 Å². The first-order valence-corrected chi connectivity index (χ1v) is 9.65. The highest BCUT2D eigenvalue weighted by molar-refractivity contribution is 7.17. The van der Waals surface area contributed by atoms with Crippen molar-refractivity contribution in [2.75, 3.05) is 5.32 Å². The number of aromatic hydroxyl groups is 1. The van der Waals surface area contributed by atoms with E-state index in [1.807, 2.05) is 36.4 Å². The number of nitriles is 1. The van der Waals surface area contributed by atoms with Crippen molar-refractivity contribution in [2.24, 2.45) is 0 Å². The van der Waals surface area contributed by atoms with Crippen LogP contribution in [-0.2, 0) is 6.54 Å². The Morgan fingerprint density at radius 2 is 1.93 bits per heavy atom. The fourth-order valence-electron chi connectivity index (χ4n) is 3.14. The molecule has 0 atom stereocenters. The van der Waals surface area contributed by atoms with Gasteiger partial charge in [-0.1, -0.05) is 36.4 Å². The SMILES string of the molecule is N#Cc1cccc(NC(=O)c2c(O)c3sccc3n(Cc3ccccc3)c2=O)c1. The molecular formula is C22H15N3O3S. The molecule has 2 aromatic carbocycles. The number of amides is 1. The molecule has 6 nitrogen and oxygen atoms in total. The molecule has 1 amide bonds. The largest absolute Gasteiger partial charge is 0.505 e. The van der Waals surface area contributed by atoms with Gasteiger partial charge in [0.15, 0.2) is 5.75 Å². The first-order valence-electron chi connectivity index (χ1n) is 8.77. The van der Waals surface area contributed by atoms with Crippen LogP contribution in [0.1, 0.15) is 21.5 Å². The highest BCUT2D eigenvalue weighted by Crippen LogP contribution is 2.31. The summed E-state index contributed by atoms with van der Waals surface area (Å²) in [6.45, 7) is 0.275. The number of aromatic nitrogens is 1. The molecule has 0 radical (unpaired) electrons. The molecule has 0 aliphatic heterocycles. The van der Waals surface area contributed by atoms with Crippen LogP contribution >= 0.6 is 11.3 Å². The minimum Gasteiger partial charge on any atom is -0.505 e. The van der Waals surface area contributed by atoms with E-state index in [2.05, 4.69) is 5.32 Å². The van der Waals surface area contributed by atoms with Gasteiger partial charge in [-0.2, -0.15) is 5.26 Å². The fourth-order valence-corrected chi connectivity index (χ4v) is 3.98. The smallest absolute Gasteiger partial charge is 0.268 e. The third-order valence-electron chi connectivity index (χ3n) is 4.51. The Morgan fingerprint density at radius 1 is 1.14 bits per heavy atom. The molecule has 0 saturated carbocycles. The molecule has 0 saturated heterocycles. The predicted molar refractivity (Wildman–Crippen MR) is 112 cm³/mol. The second kappa shape index (κ2) is 7.62. The average Bonchev–Trinajstić information content (AvgIpc) is 3.22. The summed E-state index contributed by atoms with van der Waals surface area (Å²) >= 11 is 1.26. The van der Waals surface area contributed by atoms with Gasteiger partial charge < -0.3 is 15.0 Å².